The SMILES string of the molecule is COc1ccc(CN=C(N)N/N=C/c2csc3ccccc23)cc1.I. The first kappa shape index (κ1) is 19.2. The van der Waals surface area contributed by atoms with Gasteiger partial charge in [-0.2, -0.15) is 5.10 Å². The van der Waals surface area contributed by atoms with Crippen molar-refractivity contribution >= 4 is 57.6 Å². The number of thiophene rings is 1. The first-order valence-electron chi connectivity index (χ1n) is 7.44. The number of guanidine groups is 1. The monoisotopic (exact) mass is 466 g/mol. The highest BCUT2D eigenvalue weighted by atomic mass is 127. The Morgan fingerprint density at radius 3 is 2.72 bits per heavy atom. The minimum Gasteiger partial charge on any atom is -0.497 e. The molecular formula is C18H19IN4OS. The van der Waals surface area contributed by atoms with Crippen LogP contribution in [-0.4, -0.2) is 19.3 Å². The van der Waals surface area contributed by atoms with E-state index in [1.165, 1.54) is 10.1 Å². The van der Waals surface area contributed by atoms with Crippen molar-refractivity contribution < 1.29 is 4.74 Å². The van der Waals surface area contributed by atoms with E-state index in [-0.39, 0.29) is 29.9 Å². The number of nitrogens with one attached hydrogen (secondary N) is 1. The van der Waals surface area contributed by atoms with Crippen LogP contribution in [0.2, 0.25) is 0 Å². The van der Waals surface area contributed by atoms with E-state index in [1.54, 1.807) is 24.7 Å². The molecule has 25 heavy (non-hydrogen) atoms. The third kappa shape index (κ3) is 5.17. The van der Waals surface area contributed by atoms with Crippen molar-refractivity contribution in [2.75, 3.05) is 7.11 Å². The number of benzene rings is 2. The number of aliphatic imine (C=N–C) groups is 1. The van der Waals surface area contributed by atoms with Gasteiger partial charge in [0.15, 0.2) is 0 Å². The molecule has 3 aromatic rings. The number of ether oxygens (including phenoxy) is 1. The van der Waals surface area contributed by atoms with Crippen LogP contribution < -0.4 is 15.9 Å². The Labute approximate surface area is 167 Å². The summed E-state index contributed by atoms with van der Waals surface area (Å²) < 4.78 is 6.36. The van der Waals surface area contributed by atoms with Crippen LogP contribution in [0.1, 0.15) is 11.1 Å². The van der Waals surface area contributed by atoms with Crippen molar-refractivity contribution in [3.05, 3.63) is 65.0 Å². The molecule has 130 valence electrons. The van der Waals surface area contributed by atoms with Crippen molar-refractivity contribution in [1.82, 2.24) is 5.43 Å². The third-order valence-electron chi connectivity index (χ3n) is 3.48. The lowest BCUT2D eigenvalue weighted by atomic mass is 10.2. The van der Waals surface area contributed by atoms with E-state index in [1.807, 2.05) is 36.4 Å². The quantitative estimate of drug-likeness (QED) is 0.259. The normalized spacial score (nSPS) is 11.5. The number of rotatable bonds is 5. The lowest BCUT2D eigenvalue weighted by molar-refractivity contribution is 0.414. The van der Waals surface area contributed by atoms with Crippen LogP contribution in [0.3, 0.4) is 0 Å². The predicted molar refractivity (Wildman–Crippen MR) is 116 cm³/mol. The predicted octanol–water partition coefficient (Wildman–Crippen LogP) is 3.97. The van der Waals surface area contributed by atoms with Crippen molar-refractivity contribution in [1.29, 1.82) is 0 Å². The standard InChI is InChI=1S/C18H18N4OS.HI/c1-23-15-8-6-13(7-9-15)10-20-18(19)22-21-11-14-12-24-17-5-3-2-4-16(14)17;/h2-9,11-12H,10H2,1H3,(H3,19,20,22);1H/b21-11+;. The maximum Gasteiger partial charge on any atom is 0.209 e. The minimum atomic E-state index is 0. The summed E-state index contributed by atoms with van der Waals surface area (Å²) in [5.74, 6) is 1.10. The van der Waals surface area contributed by atoms with Crippen LogP contribution in [0.4, 0.5) is 0 Å². The Morgan fingerprint density at radius 2 is 1.96 bits per heavy atom. The topological polar surface area (TPSA) is 72.0 Å². The Hall–Kier alpha value is -2.13. The molecule has 0 aliphatic carbocycles. The second kappa shape index (κ2) is 9.38. The Morgan fingerprint density at radius 1 is 1.20 bits per heavy atom. The van der Waals surface area contributed by atoms with Gasteiger partial charge in [-0.3, -0.25) is 0 Å². The number of methoxy groups -OCH3 is 1. The Balaban J connectivity index is 0.00000225. The molecule has 0 unspecified atom stereocenters. The summed E-state index contributed by atoms with van der Waals surface area (Å²) in [4.78, 5) is 4.26. The van der Waals surface area contributed by atoms with Crippen LogP contribution >= 0.6 is 35.3 Å². The van der Waals surface area contributed by atoms with Crippen LogP contribution in [0.5, 0.6) is 5.75 Å². The highest BCUT2D eigenvalue weighted by Crippen LogP contribution is 2.24. The Kier molecular flexibility index (Phi) is 7.20. The summed E-state index contributed by atoms with van der Waals surface area (Å²) in [7, 11) is 1.64. The molecular weight excluding hydrogens is 447 g/mol. The molecule has 0 saturated heterocycles. The summed E-state index contributed by atoms with van der Waals surface area (Å²) in [5.41, 5.74) is 10.7. The summed E-state index contributed by atoms with van der Waals surface area (Å²) in [5, 5.41) is 7.41. The minimum absolute atomic E-state index is 0. The van der Waals surface area contributed by atoms with Gasteiger partial charge in [0.05, 0.1) is 19.9 Å². The van der Waals surface area contributed by atoms with Crippen molar-refractivity contribution in [2.45, 2.75) is 6.54 Å². The molecule has 3 N–H and O–H groups in total. The number of hydrogen-bond donors (Lipinski definition) is 2. The molecule has 3 rings (SSSR count). The second-order valence-electron chi connectivity index (χ2n) is 5.11. The van der Waals surface area contributed by atoms with Gasteiger partial charge in [0.2, 0.25) is 5.96 Å². The van der Waals surface area contributed by atoms with Crippen LogP contribution in [-0.2, 0) is 6.54 Å². The van der Waals surface area contributed by atoms with Crippen molar-refractivity contribution in [2.24, 2.45) is 15.8 Å². The van der Waals surface area contributed by atoms with Crippen LogP contribution in [0, 0.1) is 0 Å². The third-order valence-corrected chi connectivity index (χ3v) is 4.47. The zero-order chi connectivity index (χ0) is 16.8. The van der Waals surface area contributed by atoms with E-state index in [9.17, 15) is 0 Å². The molecule has 0 radical (unpaired) electrons. The van der Waals surface area contributed by atoms with Gasteiger partial charge in [-0.05, 0) is 23.8 Å². The van der Waals surface area contributed by atoms with Crippen LogP contribution in [0.25, 0.3) is 10.1 Å². The smallest absolute Gasteiger partial charge is 0.209 e. The molecule has 0 spiro atoms. The second-order valence-corrected chi connectivity index (χ2v) is 6.02. The summed E-state index contributed by atoms with van der Waals surface area (Å²) in [6.07, 6.45) is 1.76. The number of halogens is 1. The molecule has 0 fully saturated rings. The summed E-state index contributed by atoms with van der Waals surface area (Å²) >= 11 is 1.69. The van der Waals surface area contributed by atoms with E-state index in [0.29, 0.717) is 6.54 Å². The average Bonchev–Trinajstić information content (AvgIpc) is 3.04. The lowest BCUT2D eigenvalue weighted by Gasteiger charge is -2.02. The fourth-order valence-electron chi connectivity index (χ4n) is 2.21. The molecule has 5 nitrogen and oxygen atoms in total. The maximum atomic E-state index is 5.83. The van der Waals surface area contributed by atoms with E-state index in [2.05, 4.69) is 33.0 Å². The highest BCUT2D eigenvalue weighted by Gasteiger charge is 2.00. The first-order valence-corrected chi connectivity index (χ1v) is 8.32. The van der Waals surface area contributed by atoms with Crippen molar-refractivity contribution in [3.8, 4) is 5.75 Å². The van der Waals surface area contributed by atoms with Gasteiger partial charge in [0.1, 0.15) is 5.75 Å². The van der Waals surface area contributed by atoms with Crippen LogP contribution in [0.15, 0.2) is 64.0 Å². The van der Waals surface area contributed by atoms with Gasteiger partial charge in [0, 0.05) is 21.0 Å². The number of hydrazone groups is 1. The largest absolute Gasteiger partial charge is 0.497 e. The molecule has 7 heteroatoms. The van der Waals surface area contributed by atoms with E-state index in [4.69, 9.17) is 10.5 Å². The molecule has 1 aromatic heterocycles. The molecule has 2 aromatic carbocycles. The first-order chi connectivity index (χ1) is 11.8. The number of fused-ring (bicyclic) bond motifs is 1. The molecule has 0 saturated carbocycles. The van der Waals surface area contributed by atoms with Gasteiger partial charge >= 0.3 is 0 Å². The average molecular weight is 466 g/mol. The van der Waals surface area contributed by atoms with Gasteiger partial charge in [-0.1, -0.05) is 30.3 Å². The van der Waals surface area contributed by atoms with E-state index in [0.717, 1.165) is 16.9 Å². The van der Waals surface area contributed by atoms with Gasteiger partial charge in [0.25, 0.3) is 0 Å². The highest BCUT2D eigenvalue weighted by molar-refractivity contribution is 14.0. The zero-order valence-corrected chi connectivity index (χ0v) is 16.8. The fourth-order valence-corrected chi connectivity index (χ4v) is 3.12. The molecule has 0 amide bonds. The fraction of sp³-hybridized carbons (Fsp3) is 0.111. The Bertz CT molecular complexity index is 874. The molecule has 0 aliphatic heterocycles. The van der Waals surface area contributed by atoms with E-state index < -0.39 is 0 Å². The zero-order valence-electron chi connectivity index (χ0n) is 13.7. The molecule has 0 bridgehead atoms. The molecule has 0 aliphatic rings. The lowest BCUT2D eigenvalue weighted by Crippen LogP contribution is -2.27. The number of nitrogens with zero attached hydrogens (tertiary/aromatic N) is 2. The van der Waals surface area contributed by atoms with Gasteiger partial charge in [-0.15, -0.1) is 35.3 Å². The summed E-state index contributed by atoms with van der Waals surface area (Å²) in [6, 6.07) is 15.9. The molecule has 0 atom stereocenters. The number of nitrogens with two attached hydrogens (primary N) is 1. The van der Waals surface area contributed by atoms with Crippen molar-refractivity contribution in [3.63, 3.8) is 0 Å². The van der Waals surface area contributed by atoms with Gasteiger partial charge < -0.3 is 10.5 Å². The maximum absolute atomic E-state index is 5.83. The molecule has 1 heterocycles. The summed E-state index contributed by atoms with van der Waals surface area (Å²) in [6.45, 7) is 0.486. The van der Waals surface area contributed by atoms with E-state index >= 15 is 0 Å². The van der Waals surface area contributed by atoms with Gasteiger partial charge in [-0.25, -0.2) is 10.4 Å². The number of hydrogen-bond acceptors (Lipinski definition) is 4.